The average molecular weight is 280 g/mol. The van der Waals surface area contributed by atoms with Crippen LogP contribution in [0.2, 0.25) is 0 Å². The molecule has 1 atom stereocenters. The number of methoxy groups -OCH3 is 2. The lowest BCUT2D eigenvalue weighted by Crippen LogP contribution is -2.44. The zero-order valence-electron chi connectivity index (χ0n) is 11.8. The first-order chi connectivity index (χ1) is 9.65. The molecular formula is C14H20N2O4. The lowest BCUT2D eigenvalue weighted by molar-refractivity contribution is -0.0100. The van der Waals surface area contributed by atoms with E-state index in [-0.39, 0.29) is 6.10 Å². The van der Waals surface area contributed by atoms with Crippen LogP contribution >= 0.6 is 0 Å². The molecule has 0 unspecified atom stereocenters. The number of carbonyl (C=O) groups is 1. The summed E-state index contributed by atoms with van der Waals surface area (Å²) >= 11 is 0. The topological polar surface area (TPSA) is 74.0 Å². The number of nitrogens with two attached hydrogens (primary N) is 1. The number of esters is 1. The number of nitrogen functional groups attached to an aromatic ring is 1. The van der Waals surface area contributed by atoms with Crippen molar-refractivity contribution < 1.29 is 19.0 Å². The van der Waals surface area contributed by atoms with Crippen LogP contribution in [0.15, 0.2) is 18.2 Å². The Morgan fingerprint density at radius 2 is 2.30 bits per heavy atom. The first-order valence-electron chi connectivity index (χ1n) is 6.49. The minimum Gasteiger partial charge on any atom is -0.465 e. The van der Waals surface area contributed by atoms with Crippen molar-refractivity contribution >= 4 is 17.3 Å². The van der Waals surface area contributed by atoms with Crippen molar-refractivity contribution in [2.24, 2.45) is 0 Å². The molecule has 110 valence electrons. The van der Waals surface area contributed by atoms with Crippen LogP contribution in [0.25, 0.3) is 0 Å². The van der Waals surface area contributed by atoms with Gasteiger partial charge in [0.05, 0.1) is 32.0 Å². The van der Waals surface area contributed by atoms with E-state index in [1.165, 1.54) is 7.11 Å². The van der Waals surface area contributed by atoms with Gasteiger partial charge in [-0.15, -0.1) is 0 Å². The highest BCUT2D eigenvalue weighted by molar-refractivity contribution is 5.95. The molecule has 2 N–H and O–H groups in total. The van der Waals surface area contributed by atoms with Gasteiger partial charge in [-0.3, -0.25) is 0 Å². The number of hydrogen-bond acceptors (Lipinski definition) is 6. The molecule has 1 aliphatic rings. The molecule has 0 bridgehead atoms. The summed E-state index contributed by atoms with van der Waals surface area (Å²) in [4.78, 5) is 13.7. The maximum Gasteiger partial charge on any atom is 0.339 e. The Morgan fingerprint density at radius 1 is 1.50 bits per heavy atom. The van der Waals surface area contributed by atoms with Crippen molar-refractivity contribution in [3.8, 4) is 0 Å². The average Bonchev–Trinajstić information content (AvgIpc) is 2.47. The second-order valence-corrected chi connectivity index (χ2v) is 4.66. The largest absolute Gasteiger partial charge is 0.465 e. The van der Waals surface area contributed by atoms with Gasteiger partial charge in [0, 0.05) is 31.6 Å². The zero-order valence-corrected chi connectivity index (χ0v) is 11.8. The molecule has 1 heterocycles. The third-order valence-corrected chi connectivity index (χ3v) is 3.30. The Balaban J connectivity index is 2.12. The van der Waals surface area contributed by atoms with Gasteiger partial charge in [0.1, 0.15) is 0 Å². The van der Waals surface area contributed by atoms with Gasteiger partial charge in [-0.05, 0) is 18.2 Å². The molecule has 6 heteroatoms. The molecule has 1 aromatic rings. The number of nitrogens with zero attached hydrogens (tertiary/aromatic N) is 1. The molecule has 1 fully saturated rings. The van der Waals surface area contributed by atoms with E-state index < -0.39 is 5.97 Å². The predicted molar refractivity (Wildman–Crippen MR) is 76.0 cm³/mol. The molecule has 0 aromatic heterocycles. The minimum absolute atomic E-state index is 0.0512. The van der Waals surface area contributed by atoms with Crippen LogP contribution in [0, 0.1) is 0 Å². The van der Waals surface area contributed by atoms with Gasteiger partial charge in [-0.1, -0.05) is 0 Å². The van der Waals surface area contributed by atoms with Gasteiger partial charge in [0.2, 0.25) is 0 Å². The van der Waals surface area contributed by atoms with E-state index in [9.17, 15) is 4.79 Å². The van der Waals surface area contributed by atoms with Crippen molar-refractivity contribution in [3.05, 3.63) is 23.8 Å². The Bertz CT molecular complexity index is 476. The van der Waals surface area contributed by atoms with E-state index >= 15 is 0 Å². The number of ether oxygens (including phenoxy) is 3. The van der Waals surface area contributed by atoms with Gasteiger partial charge < -0.3 is 24.8 Å². The summed E-state index contributed by atoms with van der Waals surface area (Å²) in [5.74, 6) is -0.423. The highest BCUT2D eigenvalue weighted by atomic mass is 16.5. The first-order valence-corrected chi connectivity index (χ1v) is 6.49. The Kier molecular flexibility index (Phi) is 4.81. The van der Waals surface area contributed by atoms with Crippen LogP contribution in [-0.4, -0.2) is 52.6 Å². The number of hydrogen-bond donors (Lipinski definition) is 1. The lowest BCUT2D eigenvalue weighted by atomic mass is 10.1. The third kappa shape index (κ3) is 3.20. The number of morpholine rings is 1. The minimum atomic E-state index is -0.423. The normalized spacial score (nSPS) is 18.9. The van der Waals surface area contributed by atoms with Gasteiger partial charge >= 0.3 is 5.97 Å². The first kappa shape index (κ1) is 14.6. The second-order valence-electron chi connectivity index (χ2n) is 4.66. The molecule has 0 amide bonds. The Hall–Kier alpha value is -1.79. The monoisotopic (exact) mass is 280 g/mol. The van der Waals surface area contributed by atoms with Crippen LogP contribution in [0.1, 0.15) is 10.4 Å². The maximum atomic E-state index is 11.5. The molecule has 0 saturated carbocycles. The Morgan fingerprint density at radius 3 is 2.95 bits per heavy atom. The Labute approximate surface area is 118 Å². The van der Waals surface area contributed by atoms with Gasteiger partial charge in [0.15, 0.2) is 0 Å². The van der Waals surface area contributed by atoms with Crippen molar-refractivity contribution in [1.82, 2.24) is 0 Å². The molecule has 1 aliphatic heterocycles. The fraction of sp³-hybridized carbons (Fsp3) is 0.500. The van der Waals surface area contributed by atoms with E-state index in [1.807, 2.05) is 6.07 Å². The quantitative estimate of drug-likeness (QED) is 0.652. The summed E-state index contributed by atoms with van der Waals surface area (Å²) in [7, 11) is 3.00. The fourth-order valence-electron chi connectivity index (χ4n) is 2.28. The van der Waals surface area contributed by atoms with Crippen molar-refractivity contribution in [2.75, 3.05) is 51.2 Å². The summed E-state index contributed by atoms with van der Waals surface area (Å²) in [6.07, 6.45) is 0.0512. The van der Waals surface area contributed by atoms with Gasteiger partial charge in [-0.2, -0.15) is 0 Å². The third-order valence-electron chi connectivity index (χ3n) is 3.30. The molecule has 2 rings (SSSR count). The van der Waals surface area contributed by atoms with Crippen LogP contribution in [-0.2, 0) is 14.2 Å². The molecular weight excluding hydrogens is 260 g/mol. The fourth-order valence-corrected chi connectivity index (χ4v) is 2.28. The number of anilines is 2. The summed E-state index contributed by atoms with van der Waals surface area (Å²) in [6.45, 7) is 2.74. The van der Waals surface area contributed by atoms with Crippen LogP contribution < -0.4 is 10.6 Å². The molecule has 6 nitrogen and oxygen atoms in total. The van der Waals surface area contributed by atoms with Crippen LogP contribution in [0.3, 0.4) is 0 Å². The lowest BCUT2D eigenvalue weighted by Gasteiger charge is -2.34. The van der Waals surface area contributed by atoms with Crippen LogP contribution in [0.4, 0.5) is 11.4 Å². The van der Waals surface area contributed by atoms with E-state index in [4.69, 9.17) is 15.2 Å². The van der Waals surface area contributed by atoms with Gasteiger partial charge in [-0.25, -0.2) is 4.79 Å². The predicted octanol–water partition coefficient (Wildman–Crippen LogP) is 0.907. The summed E-state index contributed by atoms with van der Waals surface area (Å²) in [6, 6.07) is 5.36. The van der Waals surface area contributed by atoms with Crippen LogP contribution in [0.5, 0.6) is 0 Å². The number of rotatable bonds is 4. The molecule has 1 saturated heterocycles. The van der Waals surface area contributed by atoms with E-state index in [2.05, 4.69) is 9.64 Å². The second kappa shape index (κ2) is 6.58. The molecule has 0 aliphatic carbocycles. The molecule has 0 spiro atoms. The number of carbonyl (C=O) groups excluding carboxylic acids is 1. The SMILES string of the molecule is COC[C@H]1CN(c2ccc(C(=O)OC)c(N)c2)CCO1. The summed E-state index contributed by atoms with van der Waals surface area (Å²) in [5, 5.41) is 0. The highest BCUT2D eigenvalue weighted by Gasteiger charge is 2.21. The van der Waals surface area contributed by atoms with E-state index in [0.29, 0.717) is 24.5 Å². The molecule has 0 radical (unpaired) electrons. The van der Waals surface area contributed by atoms with E-state index in [1.54, 1.807) is 19.2 Å². The standard InChI is InChI=1S/C14H20N2O4/c1-18-9-11-8-16(5-6-20-11)10-3-4-12(13(15)7-10)14(17)19-2/h3-4,7,11H,5-6,8-9,15H2,1-2H3/t11-/m1/s1. The smallest absolute Gasteiger partial charge is 0.339 e. The zero-order chi connectivity index (χ0) is 14.5. The van der Waals surface area contributed by atoms with Crippen molar-refractivity contribution in [1.29, 1.82) is 0 Å². The summed E-state index contributed by atoms with van der Waals surface area (Å²) < 4.78 is 15.4. The van der Waals surface area contributed by atoms with Crippen molar-refractivity contribution in [3.63, 3.8) is 0 Å². The summed E-state index contributed by atoms with van der Waals surface area (Å²) in [5.41, 5.74) is 7.69. The van der Waals surface area contributed by atoms with E-state index in [0.717, 1.165) is 18.8 Å². The van der Waals surface area contributed by atoms with Crippen molar-refractivity contribution in [2.45, 2.75) is 6.10 Å². The number of benzene rings is 1. The van der Waals surface area contributed by atoms with Gasteiger partial charge in [0.25, 0.3) is 0 Å². The molecule has 1 aromatic carbocycles. The molecule has 20 heavy (non-hydrogen) atoms. The highest BCUT2D eigenvalue weighted by Crippen LogP contribution is 2.24. The maximum absolute atomic E-state index is 11.5.